The van der Waals surface area contributed by atoms with E-state index in [9.17, 15) is 9.59 Å². The Balaban J connectivity index is 1.79. The number of likely N-dealkylation sites (tertiary alicyclic amines) is 1. The molecule has 1 aromatic carbocycles. The smallest absolute Gasteiger partial charge is 0.236 e. The minimum absolute atomic E-state index is 0.0313. The van der Waals surface area contributed by atoms with Gasteiger partial charge in [0.25, 0.3) is 0 Å². The van der Waals surface area contributed by atoms with Crippen molar-refractivity contribution in [2.24, 2.45) is 11.7 Å². The number of rotatable bonds is 6. The summed E-state index contributed by atoms with van der Waals surface area (Å²) >= 11 is 0. The predicted octanol–water partition coefficient (Wildman–Crippen LogP) is 1.40. The Morgan fingerprint density at radius 2 is 1.74 bits per heavy atom. The second kappa shape index (κ2) is 8.11. The summed E-state index contributed by atoms with van der Waals surface area (Å²) in [7, 11) is 1.84. The zero-order chi connectivity index (χ0) is 16.8. The first kappa shape index (κ1) is 17.5. The molecule has 0 saturated carbocycles. The van der Waals surface area contributed by atoms with Crippen LogP contribution in [0.15, 0.2) is 24.3 Å². The highest BCUT2D eigenvalue weighted by Crippen LogP contribution is 2.16. The van der Waals surface area contributed by atoms with Crippen LogP contribution >= 0.6 is 0 Å². The fraction of sp³-hybridized carbons (Fsp3) is 0.556. The SMILES string of the molecule is CCc1ccc(CN(C)C(=O)CN2CCC(C(N)=O)CC2)cc1. The van der Waals surface area contributed by atoms with Gasteiger partial charge in [0.05, 0.1) is 6.54 Å². The third kappa shape index (κ3) is 5.06. The zero-order valence-corrected chi connectivity index (χ0v) is 14.1. The molecule has 0 spiro atoms. The van der Waals surface area contributed by atoms with Crippen molar-refractivity contribution in [3.63, 3.8) is 0 Å². The van der Waals surface area contributed by atoms with Crippen molar-refractivity contribution in [2.45, 2.75) is 32.7 Å². The average molecular weight is 317 g/mol. The van der Waals surface area contributed by atoms with Crippen molar-refractivity contribution in [1.29, 1.82) is 0 Å². The van der Waals surface area contributed by atoms with Crippen molar-refractivity contribution in [3.05, 3.63) is 35.4 Å². The Morgan fingerprint density at radius 3 is 2.26 bits per heavy atom. The van der Waals surface area contributed by atoms with Crippen molar-refractivity contribution in [1.82, 2.24) is 9.80 Å². The van der Waals surface area contributed by atoms with E-state index in [2.05, 4.69) is 36.1 Å². The van der Waals surface area contributed by atoms with Crippen LogP contribution in [0.25, 0.3) is 0 Å². The van der Waals surface area contributed by atoms with Crippen molar-refractivity contribution >= 4 is 11.8 Å². The second-order valence-electron chi connectivity index (χ2n) is 6.37. The van der Waals surface area contributed by atoms with E-state index >= 15 is 0 Å². The van der Waals surface area contributed by atoms with Gasteiger partial charge in [-0.1, -0.05) is 31.2 Å². The largest absolute Gasteiger partial charge is 0.369 e. The number of hydrogen-bond acceptors (Lipinski definition) is 3. The van der Waals surface area contributed by atoms with E-state index in [0.29, 0.717) is 13.1 Å². The summed E-state index contributed by atoms with van der Waals surface area (Å²) in [6, 6.07) is 8.40. The van der Waals surface area contributed by atoms with Gasteiger partial charge in [-0.25, -0.2) is 0 Å². The number of nitrogens with two attached hydrogens (primary N) is 1. The topological polar surface area (TPSA) is 66.6 Å². The van der Waals surface area contributed by atoms with Crippen molar-refractivity contribution in [3.8, 4) is 0 Å². The number of hydrogen-bond donors (Lipinski definition) is 1. The van der Waals surface area contributed by atoms with Gasteiger partial charge >= 0.3 is 0 Å². The molecule has 1 aliphatic rings. The van der Waals surface area contributed by atoms with E-state index in [1.165, 1.54) is 5.56 Å². The van der Waals surface area contributed by atoms with Gasteiger partial charge in [0.15, 0.2) is 0 Å². The first-order valence-corrected chi connectivity index (χ1v) is 8.33. The molecule has 23 heavy (non-hydrogen) atoms. The van der Waals surface area contributed by atoms with Crippen LogP contribution < -0.4 is 5.73 Å². The zero-order valence-electron chi connectivity index (χ0n) is 14.1. The Kier molecular flexibility index (Phi) is 6.16. The number of nitrogens with zero attached hydrogens (tertiary/aromatic N) is 2. The van der Waals surface area contributed by atoms with E-state index in [0.717, 1.165) is 37.9 Å². The van der Waals surface area contributed by atoms with Crippen LogP contribution in [0.4, 0.5) is 0 Å². The Hall–Kier alpha value is -1.88. The molecule has 0 aliphatic carbocycles. The molecule has 1 aliphatic heterocycles. The lowest BCUT2D eigenvalue weighted by Gasteiger charge is -2.31. The van der Waals surface area contributed by atoms with Crippen LogP contribution in [-0.4, -0.2) is 48.3 Å². The van der Waals surface area contributed by atoms with Crippen LogP contribution in [0.5, 0.6) is 0 Å². The fourth-order valence-electron chi connectivity index (χ4n) is 2.93. The highest BCUT2D eigenvalue weighted by atomic mass is 16.2. The van der Waals surface area contributed by atoms with Gasteiger partial charge < -0.3 is 10.6 Å². The third-order valence-electron chi connectivity index (χ3n) is 4.63. The first-order valence-electron chi connectivity index (χ1n) is 8.33. The number of piperidine rings is 1. The maximum absolute atomic E-state index is 12.3. The van der Waals surface area contributed by atoms with E-state index in [1.54, 1.807) is 4.90 Å². The summed E-state index contributed by atoms with van der Waals surface area (Å²) in [6.45, 7) is 4.69. The van der Waals surface area contributed by atoms with Crippen LogP contribution in [0.1, 0.15) is 30.9 Å². The summed E-state index contributed by atoms with van der Waals surface area (Å²) in [5, 5.41) is 0. The van der Waals surface area contributed by atoms with Crippen LogP contribution in [0, 0.1) is 5.92 Å². The summed E-state index contributed by atoms with van der Waals surface area (Å²) in [5.74, 6) is -0.137. The lowest BCUT2D eigenvalue weighted by Crippen LogP contribution is -2.43. The summed E-state index contributed by atoms with van der Waals surface area (Å²) in [6.07, 6.45) is 2.53. The monoisotopic (exact) mass is 317 g/mol. The molecule has 1 aromatic rings. The second-order valence-corrected chi connectivity index (χ2v) is 6.37. The predicted molar refractivity (Wildman–Crippen MR) is 90.7 cm³/mol. The normalized spacial score (nSPS) is 16.3. The summed E-state index contributed by atoms with van der Waals surface area (Å²) < 4.78 is 0. The van der Waals surface area contributed by atoms with Gasteiger partial charge in [-0.15, -0.1) is 0 Å². The van der Waals surface area contributed by atoms with E-state index < -0.39 is 0 Å². The molecule has 5 heteroatoms. The Labute approximate surface area is 138 Å². The molecule has 1 heterocycles. The lowest BCUT2D eigenvalue weighted by atomic mass is 9.96. The molecule has 0 atom stereocenters. The molecule has 2 rings (SSSR count). The molecule has 5 nitrogen and oxygen atoms in total. The molecular formula is C18H27N3O2. The standard InChI is InChI=1S/C18H27N3O2/c1-3-14-4-6-15(7-5-14)12-20(2)17(22)13-21-10-8-16(9-11-21)18(19)23/h4-7,16H,3,8-13H2,1-2H3,(H2,19,23). The molecular weight excluding hydrogens is 290 g/mol. The average Bonchev–Trinajstić information content (AvgIpc) is 2.56. The molecule has 0 bridgehead atoms. The van der Waals surface area contributed by atoms with E-state index in [4.69, 9.17) is 5.73 Å². The van der Waals surface area contributed by atoms with Crippen molar-refractivity contribution < 1.29 is 9.59 Å². The third-order valence-corrected chi connectivity index (χ3v) is 4.63. The van der Waals surface area contributed by atoms with Gasteiger partial charge in [0.2, 0.25) is 11.8 Å². The van der Waals surface area contributed by atoms with Gasteiger partial charge in [-0.05, 0) is 43.5 Å². The molecule has 1 saturated heterocycles. The highest BCUT2D eigenvalue weighted by Gasteiger charge is 2.24. The number of amides is 2. The number of carbonyl (C=O) groups excluding carboxylic acids is 2. The molecule has 2 N–H and O–H groups in total. The summed E-state index contributed by atoms with van der Waals surface area (Å²) in [5.41, 5.74) is 7.79. The highest BCUT2D eigenvalue weighted by molar-refractivity contribution is 5.78. The number of carbonyl (C=O) groups is 2. The van der Waals surface area contributed by atoms with Gasteiger partial charge in [-0.3, -0.25) is 14.5 Å². The van der Waals surface area contributed by atoms with Crippen LogP contribution in [0.2, 0.25) is 0 Å². The van der Waals surface area contributed by atoms with Gasteiger partial charge in [-0.2, -0.15) is 0 Å². The maximum Gasteiger partial charge on any atom is 0.236 e. The van der Waals surface area contributed by atoms with Crippen LogP contribution in [-0.2, 0) is 22.6 Å². The molecule has 126 valence electrons. The Morgan fingerprint density at radius 1 is 1.17 bits per heavy atom. The number of benzene rings is 1. The quantitative estimate of drug-likeness (QED) is 0.862. The molecule has 0 aromatic heterocycles. The van der Waals surface area contributed by atoms with Crippen LogP contribution in [0.3, 0.4) is 0 Å². The molecule has 0 radical (unpaired) electrons. The first-order chi connectivity index (χ1) is 11.0. The molecule has 2 amide bonds. The number of primary amides is 1. The van der Waals surface area contributed by atoms with Crippen molar-refractivity contribution in [2.75, 3.05) is 26.7 Å². The number of aryl methyl sites for hydroxylation is 1. The van der Waals surface area contributed by atoms with E-state index in [-0.39, 0.29) is 17.7 Å². The summed E-state index contributed by atoms with van der Waals surface area (Å²) in [4.78, 5) is 27.4. The van der Waals surface area contributed by atoms with E-state index in [1.807, 2.05) is 7.05 Å². The van der Waals surface area contributed by atoms with Gasteiger partial charge in [0, 0.05) is 19.5 Å². The Bertz CT molecular complexity index is 534. The molecule has 0 unspecified atom stereocenters. The number of likely N-dealkylation sites (N-methyl/N-ethyl adjacent to an activating group) is 1. The minimum atomic E-state index is -0.219. The maximum atomic E-state index is 12.3. The molecule has 1 fully saturated rings. The minimum Gasteiger partial charge on any atom is -0.369 e. The van der Waals surface area contributed by atoms with Gasteiger partial charge in [0.1, 0.15) is 0 Å². The fourth-order valence-corrected chi connectivity index (χ4v) is 2.93. The lowest BCUT2D eigenvalue weighted by molar-refractivity contribution is -0.132.